The number of aromatic nitrogens is 8. The van der Waals surface area contributed by atoms with Gasteiger partial charge in [-0.3, -0.25) is 0 Å². The molecule has 2 unspecified atom stereocenters. The topological polar surface area (TPSA) is 253 Å². The van der Waals surface area contributed by atoms with Crippen molar-refractivity contribution in [2.45, 2.75) is 111 Å². The number of nitrogens with zero attached hydrogens (tertiary/aromatic N) is 9. The average Bonchev–Trinajstić information content (AvgIpc) is 4.10. The van der Waals surface area contributed by atoms with E-state index in [0.717, 1.165) is 69.4 Å². The molecule has 0 amide bonds. The first-order chi connectivity index (χ1) is 28.7. The second-order valence-electron chi connectivity index (χ2n) is 15.9. The van der Waals surface area contributed by atoms with E-state index in [9.17, 15) is 25.3 Å². The number of rotatable bonds is 13. The molecule has 2 saturated heterocycles. The third kappa shape index (κ3) is 10.5. The highest BCUT2D eigenvalue weighted by Crippen LogP contribution is 2.33. The maximum absolute atomic E-state index is 12.4. The molecule has 2 aromatic carbocycles. The maximum Gasteiger partial charge on any atom is 0.240 e. The highest BCUT2D eigenvalue weighted by atomic mass is 32.2. The van der Waals surface area contributed by atoms with E-state index >= 15 is 0 Å². The van der Waals surface area contributed by atoms with Gasteiger partial charge in [0.2, 0.25) is 41.7 Å². The highest BCUT2D eigenvalue weighted by Gasteiger charge is 2.32. The molecule has 60 heavy (non-hydrogen) atoms. The molecule has 5 N–H and O–H groups in total. The minimum absolute atomic E-state index is 0.115. The van der Waals surface area contributed by atoms with Crippen LogP contribution < -0.4 is 25.4 Å². The minimum atomic E-state index is -3.64. The first-order valence-corrected chi connectivity index (χ1v) is 25.5. The lowest BCUT2D eigenvalue weighted by Gasteiger charge is -2.25. The van der Waals surface area contributed by atoms with E-state index in [4.69, 9.17) is 0 Å². The Kier molecular flexibility index (Phi) is 13.8. The summed E-state index contributed by atoms with van der Waals surface area (Å²) >= 11 is 0. The van der Waals surface area contributed by atoms with E-state index in [1.165, 1.54) is 55.1 Å². The summed E-state index contributed by atoms with van der Waals surface area (Å²) < 4.78 is 79.1. The SMILES string of the molecule is CNS(=O)(=O)c1ccc(NC2CCCCC2)c(-c2nnn(C3CCN(S(C)(=O)=O)C3)n2)c1.CNS(=O)(=O)c1ccc(NC2CCCCC2)c(-c2nnn(C3CCNC3)n2)c1. The Balaban J connectivity index is 0.000000183. The van der Waals surface area contributed by atoms with Crippen LogP contribution >= 0.6 is 0 Å². The van der Waals surface area contributed by atoms with Crippen molar-refractivity contribution < 1.29 is 25.3 Å². The number of nitrogens with one attached hydrogen (secondary N) is 5. The van der Waals surface area contributed by atoms with Crippen LogP contribution in [0.5, 0.6) is 0 Å². The predicted octanol–water partition coefficient (Wildman–Crippen LogP) is 2.73. The Morgan fingerprint density at radius 1 is 0.633 bits per heavy atom. The van der Waals surface area contributed by atoms with Crippen LogP contribution in [0.3, 0.4) is 0 Å². The van der Waals surface area contributed by atoms with Crippen molar-refractivity contribution in [1.29, 1.82) is 0 Å². The van der Waals surface area contributed by atoms with Crippen molar-refractivity contribution in [3.05, 3.63) is 36.4 Å². The largest absolute Gasteiger partial charge is 0.382 e. The summed E-state index contributed by atoms with van der Waals surface area (Å²) in [6, 6.07) is 10.6. The summed E-state index contributed by atoms with van der Waals surface area (Å²) in [5.41, 5.74) is 2.83. The summed E-state index contributed by atoms with van der Waals surface area (Å²) in [6.45, 7) is 2.45. The standard InChI is InChI=1S/C19H29N7O4S2.C18H27N7O2S/c1-20-32(29,30)16-8-9-18(21-14-6-4-3-5-7-14)17(12-16)19-22-24-26(23-19)15-10-11-25(13-15)31(2,27)28;1-19-28(26,27)15-7-8-17(21-13-5-3-2-4-6-13)16(11-15)18-22-24-25(23-18)14-9-10-20-12-14/h8-9,12,14-15,20-21H,3-7,10-11,13H2,1-2H3;7-8,11,13-14,19-21H,2-6,9-10,12H2,1H3. The van der Waals surface area contributed by atoms with Gasteiger partial charge in [0, 0.05) is 54.2 Å². The molecule has 4 aliphatic rings. The molecule has 20 nitrogen and oxygen atoms in total. The zero-order chi connectivity index (χ0) is 42.5. The lowest BCUT2D eigenvalue weighted by molar-refractivity contribution is 0.397. The fourth-order valence-corrected chi connectivity index (χ4v) is 10.6. The van der Waals surface area contributed by atoms with E-state index in [1.54, 1.807) is 35.1 Å². The molecule has 23 heteroatoms. The van der Waals surface area contributed by atoms with E-state index < -0.39 is 30.1 Å². The van der Waals surface area contributed by atoms with E-state index in [-0.39, 0.29) is 28.4 Å². The first-order valence-electron chi connectivity index (χ1n) is 20.7. The molecule has 0 bridgehead atoms. The van der Waals surface area contributed by atoms with E-state index in [2.05, 4.69) is 56.2 Å². The number of sulfonamides is 3. The van der Waals surface area contributed by atoms with Gasteiger partial charge < -0.3 is 16.0 Å². The number of tetrazole rings is 2. The molecule has 2 aliphatic carbocycles. The van der Waals surface area contributed by atoms with Crippen LogP contribution in [-0.4, -0.2) is 129 Å². The van der Waals surface area contributed by atoms with Crippen LogP contribution in [0.1, 0.15) is 89.1 Å². The van der Waals surface area contributed by atoms with Gasteiger partial charge in [-0.1, -0.05) is 38.5 Å². The van der Waals surface area contributed by atoms with Crippen LogP contribution in [0.25, 0.3) is 22.8 Å². The van der Waals surface area contributed by atoms with Gasteiger partial charge in [-0.15, -0.1) is 20.4 Å². The molecule has 4 fully saturated rings. The van der Waals surface area contributed by atoms with Gasteiger partial charge in [-0.05, 0) is 106 Å². The van der Waals surface area contributed by atoms with Gasteiger partial charge >= 0.3 is 0 Å². The Hall–Kier alpha value is -4.13. The average molecular weight is 889 g/mol. The molecule has 4 aromatic rings. The van der Waals surface area contributed by atoms with Gasteiger partial charge in [0.05, 0.1) is 28.1 Å². The monoisotopic (exact) mass is 888 g/mol. The molecular formula is C37H56N14O6S3. The van der Waals surface area contributed by atoms with Gasteiger partial charge in [-0.2, -0.15) is 13.9 Å². The second-order valence-corrected chi connectivity index (χ2v) is 21.6. The Morgan fingerprint density at radius 3 is 1.53 bits per heavy atom. The molecule has 2 saturated carbocycles. The van der Waals surface area contributed by atoms with Crippen LogP contribution in [-0.2, 0) is 30.1 Å². The molecule has 2 aromatic heterocycles. The van der Waals surface area contributed by atoms with Gasteiger partial charge in [0.1, 0.15) is 0 Å². The van der Waals surface area contributed by atoms with Gasteiger partial charge in [0.15, 0.2) is 0 Å². The number of hydrogen-bond donors (Lipinski definition) is 5. The lowest BCUT2D eigenvalue weighted by atomic mass is 9.95. The third-order valence-corrected chi connectivity index (χ3v) is 15.8. The predicted molar refractivity (Wildman–Crippen MR) is 227 cm³/mol. The Morgan fingerprint density at radius 2 is 1.12 bits per heavy atom. The van der Waals surface area contributed by atoms with Crippen molar-refractivity contribution >= 4 is 41.4 Å². The number of hydrogen-bond acceptors (Lipinski definition) is 15. The normalized spacial score (nSPS) is 21.1. The van der Waals surface area contributed by atoms with Crippen LogP contribution in [0.15, 0.2) is 46.2 Å². The minimum Gasteiger partial charge on any atom is -0.382 e. The fourth-order valence-electron chi connectivity index (χ4n) is 8.18. The smallest absolute Gasteiger partial charge is 0.240 e. The van der Waals surface area contributed by atoms with Crippen molar-refractivity contribution in [2.75, 3.05) is 57.2 Å². The molecular weight excluding hydrogens is 833 g/mol. The lowest BCUT2D eigenvalue weighted by Crippen LogP contribution is -2.28. The molecule has 2 aliphatic heterocycles. The van der Waals surface area contributed by atoms with E-state index in [1.807, 2.05) is 6.07 Å². The summed E-state index contributed by atoms with van der Waals surface area (Å²) in [6.07, 6.45) is 14.3. The summed E-state index contributed by atoms with van der Waals surface area (Å²) in [4.78, 5) is 3.38. The number of benzene rings is 2. The van der Waals surface area contributed by atoms with Crippen molar-refractivity contribution in [3.63, 3.8) is 0 Å². The summed E-state index contributed by atoms with van der Waals surface area (Å²) in [5.74, 6) is 0.743. The highest BCUT2D eigenvalue weighted by molar-refractivity contribution is 7.89. The Labute approximate surface area is 352 Å². The van der Waals surface area contributed by atoms with Crippen molar-refractivity contribution in [2.24, 2.45) is 0 Å². The molecule has 2 atom stereocenters. The first kappa shape index (κ1) is 43.9. The maximum atomic E-state index is 12.4. The van der Waals surface area contributed by atoms with Gasteiger partial charge in [-0.25, -0.2) is 34.7 Å². The fraction of sp³-hybridized carbons (Fsp3) is 0.622. The summed E-state index contributed by atoms with van der Waals surface area (Å²) in [5, 5.41) is 36.2. The van der Waals surface area contributed by atoms with Crippen molar-refractivity contribution in [3.8, 4) is 22.8 Å². The number of anilines is 2. The summed E-state index contributed by atoms with van der Waals surface area (Å²) in [7, 11) is -7.71. The molecule has 8 rings (SSSR count). The van der Waals surface area contributed by atoms with Crippen molar-refractivity contribution in [1.82, 2.24) is 59.5 Å². The van der Waals surface area contributed by atoms with Crippen LogP contribution in [0.4, 0.5) is 11.4 Å². The van der Waals surface area contributed by atoms with E-state index in [0.29, 0.717) is 47.8 Å². The molecule has 0 spiro atoms. The quantitative estimate of drug-likeness (QED) is 0.129. The van der Waals surface area contributed by atoms with Crippen LogP contribution in [0.2, 0.25) is 0 Å². The zero-order valence-corrected chi connectivity index (χ0v) is 36.7. The zero-order valence-electron chi connectivity index (χ0n) is 34.3. The third-order valence-electron chi connectivity index (χ3n) is 11.7. The molecule has 0 radical (unpaired) electrons. The molecule has 4 heterocycles. The Bertz CT molecular complexity index is 2430. The van der Waals surface area contributed by atoms with Gasteiger partial charge in [0.25, 0.3) is 0 Å². The second kappa shape index (κ2) is 18.9. The van der Waals surface area contributed by atoms with Crippen LogP contribution in [0, 0.1) is 0 Å². The molecule has 328 valence electrons.